The van der Waals surface area contributed by atoms with E-state index in [9.17, 15) is 4.39 Å². The molecule has 2 atom stereocenters. The number of rotatable bonds is 0. The van der Waals surface area contributed by atoms with Crippen LogP contribution in [-0.2, 0) is 4.74 Å². The molecule has 1 saturated heterocycles. The van der Waals surface area contributed by atoms with E-state index in [-0.39, 0.29) is 6.04 Å². The summed E-state index contributed by atoms with van der Waals surface area (Å²) >= 11 is 0. The van der Waals surface area contributed by atoms with Gasteiger partial charge >= 0.3 is 0 Å². The minimum atomic E-state index is -1.11. The fourth-order valence-electron chi connectivity index (χ4n) is 0.771. The number of alkyl halides is 1. The number of nitrogens with two attached hydrogens (primary N) is 1. The van der Waals surface area contributed by atoms with Crippen LogP contribution in [0.15, 0.2) is 0 Å². The molecule has 0 spiro atoms. The maximum atomic E-state index is 12.1. The molecule has 8 heavy (non-hydrogen) atoms. The van der Waals surface area contributed by atoms with Gasteiger partial charge in [-0.05, 0) is 6.42 Å². The van der Waals surface area contributed by atoms with Gasteiger partial charge in [0.25, 0.3) is 0 Å². The van der Waals surface area contributed by atoms with E-state index >= 15 is 0 Å². The minimum Gasteiger partial charge on any atom is -0.348 e. The van der Waals surface area contributed by atoms with Crippen molar-refractivity contribution in [3.63, 3.8) is 0 Å². The normalized spacial score (nSPS) is 39.8. The van der Waals surface area contributed by atoms with Gasteiger partial charge in [-0.1, -0.05) is 0 Å². The van der Waals surface area contributed by atoms with Crippen LogP contribution in [-0.4, -0.2) is 19.0 Å². The van der Waals surface area contributed by atoms with E-state index in [0.29, 0.717) is 13.0 Å². The first-order valence-electron chi connectivity index (χ1n) is 2.80. The Balaban J connectivity index is 2.23. The number of hydrogen-bond acceptors (Lipinski definition) is 2. The zero-order valence-electron chi connectivity index (χ0n) is 4.64. The van der Waals surface area contributed by atoms with E-state index in [1.165, 1.54) is 0 Å². The van der Waals surface area contributed by atoms with Gasteiger partial charge in [0.05, 0.1) is 6.61 Å². The summed E-state index contributed by atoms with van der Waals surface area (Å²) < 4.78 is 16.7. The van der Waals surface area contributed by atoms with Crippen molar-refractivity contribution < 1.29 is 9.13 Å². The Bertz CT molecular complexity index is 70.8. The maximum Gasteiger partial charge on any atom is 0.200 e. The molecule has 0 aliphatic carbocycles. The maximum absolute atomic E-state index is 12.1. The number of hydrogen-bond donors (Lipinski definition) is 1. The van der Waals surface area contributed by atoms with Gasteiger partial charge in [-0.3, -0.25) is 0 Å². The Labute approximate surface area is 47.8 Å². The highest BCUT2D eigenvalue weighted by molar-refractivity contribution is 4.66. The fourth-order valence-corrected chi connectivity index (χ4v) is 0.771. The topological polar surface area (TPSA) is 35.2 Å². The first kappa shape index (κ1) is 5.98. The van der Waals surface area contributed by atoms with Crippen molar-refractivity contribution in [2.75, 3.05) is 6.61 Å². The molecule has 3 heteroatoms. The highest BCUT2D eigenvalue weighted by Crippen LogP contribution is 2.11. The van der Waals surface area contributed by atoms with Gasteiger partial charge in [0.1, 0.15) is 0 Å². The SMILES string of the molecule is NC1CCOC(F)C1. The average Bonchev–Trinajstić information content (AvgIpc) is 1.64. The lowest BCUT2D eigenvalue weighted by Crippen LogP contribution is -2.32. The monoisotopic (exact) mass is 119 g/mol. The van der Waals surface area contributed by atoms with Crippen molar-refractivity contribution in [2.45, 2.75) is 25.2 Å². The van der Waals surface area contributed by atoms with Crippen molar-refractivity contribution in [3.05, 3.63) is 0 Å². The standard InChI is InChI=1S/C5H10FNO/c6-5-3-4(7)1-2-8-5/h4-5H,1-3,7H2. The van der Waals surface area contributed by atoms with Crippen LogP contribution in [0.5, 0.6) is 0 Å². The Morgan fingerprint density at radius 3 is 2.75 bits per heavy atom. The van der Waals surface area contributed by atoms with Gasteiger partial charge in [0.15, 0.2) is 6.36 Å². The molecule has 0 aromatic carbocycles. The van der Waals surface area contributed by atoms with E-state index in [2.05, 4.69) is 4.74 Å². The number of ether oxygens (including phenoxy) is 1. The van der Waals surface area contributed by atoms with Crippen LogP contribution in [0.2, 0.25) is 0 Å². The van der Waals surface area contributed by atoms with E-state index in [1.807, 2.05) is 0 Å². The first-order valence-corrected chi connectivity index (χ1v) is 2.80. The van der Waals surface area contributed by atoms with Gasteiger partial charge in [-0.2, -0.15) is 0 Å². The summed E-state index contributed by atoms with van der Waals surface area (Å²) in [5.74, 6) is 0. The Morgan fingerprint density at radius 1 is 1.62 bits per heavy atom. The molecule has 0 aromatic rings. The molecule has 0 bridgehead atoms. The summed E-state index contributed by atoms with van der Waals surface area (Å²) in [4.78, 5) is 0. The molecule has 0 amide bonds. The van der Waals surface area contributed by atoms with Gasteiger partial charge in [-0.25, -0.2) is 4.39 Å². The van der Waals surface area contributed by atoms with E-state index in [0.717, 1.165) is 6.42 Å². The molecule has 1 rings (SSSR count). The average molecular weight is 119 g/mol. The van der Waals surface area contributed by atoms with Crippen molar-refractivity contribution in [1.29, 1.82) is 0 Å². The smallest absolute Gasteiger partial charge is 0.200 e. The molecule has 1 aliphatic heterocycles. The zero-order chi connectivity index (χ0) is 5.98. The minimum absolute atomic E-state index is 0.0127. The van der Waals surface area contributed by atoms with Crippen molar-refractivity contribution in [3.8, 4) is 0 Å². The largest absolute Gasteiger partial charge is 0.348 e. The van der Waals surface area contributed by atoms with E-state index in [4.69, 9.17) is 5.73 Å². The third-order valence-electron chi connectivity index (χ3n) is 1.28. The van der Waals surface area contributed by atoms with Crippen molar-refractivity contribution in [1.82, 2.24) is 0 Å². The second kappa shape index (κ2) is 2.42. The molecule has 2 N–H and O–H groups in total. The van der Waals surface area contributed by atoms with Crippen molar-refractivity contribution >= 4 is 0 Å². The Hall–Kier alpha value is -0.150. The first-order chi connectivity index (χ1) is 3.79. The molecule has 2 unspecified atom stereocenters. The zero-order valence-corrected chi connectivity index (χ0v) is 4.64. The Kier molecular flexibility index (Phi) is 1.81. The van der Waals surface area contributed by atoms with Gasteiger partial charge in [0.2, 0.25) is 0 Å². The molecule has 48 valence electrons. The fraction of sp³-hybridized carbons (Fsp3) is 1.00. The van der Waals surface area contributed by atoms with Gasteiger partial charge in [-0.15, -0.1) is 0 Å². The van der Waals surface area contributed by atoms with Crippen LogP contribution in [0, 0.1) is 0 Å². The summed E-state index contributed by atoms with van der Waals surface area (Å²) in [6.45, 7) is 0.475. The summed E-state index contributed by atoms with van der Waals surface area (Å²) in [6, 6.07) is 0.0127. The summed E-state index contributed by atoms with van der Waals surface area (Å²) in [5.41, 5.74) is 5.41. The molecule has 1 heterocycles. The lowest BCUT2D eigenvalue weighted by Gasteiger charge is -2.20. The summed E-state index contributed by atoms with van der Waals surface area (Å²) in [6.07, 6.45) is 0.0409. The second-order valence-electron chi connectivity index (χ2n) is 2.07. The molecule has 2 nitrogen and oxygen atoms in total. The number of halogens is 1. The van der Waals surface area contributed by atoms with Crippen LogP contribution in [0.3, 0.4) is 0 Å². The van der Waals surface area contributed by atoms with Crippen LogP contribution in [0.25, 0.3) is 0 Å². The van der Waals surface area contributed by atoms with Crippen LogP contribution >= 0.6 is 0 Å². The highest BCUT2D eigenvalue weighted by atomic mass is 19.1. The summed E-state index contributed by atoms with van der Waals surface area (Å²) in [5, 5.41) is 0. The lowest BCUT2D eigenvalue weighted by molar-refractivity contribution is -0.0736. The van der Waals surface area contributed by atoms with Crippen LogP contribution in [0.4, 0.5) is 4.39 Å². The molecule has 0 saturated carbocycles. The van der Waals surface area contributed by atoms with Gasteiger partial charge < -0.3 is 10.5 Å². The quantitative estimate of drug-likeness (QED) is 0.501. The molecule has 1 aliphatic rings. The Morgan fingerprint density at radius 2 is 2.38 bits per heavy atom. The third-order valence-corrected chi connectivity index (χ3v) is 1.28. The van der Waals surface area contributed by atoms with Crippen LogP contribution in [0.1, 0.15) is 12.8 Å². The third kappa shape index (κ3) is 1.42. The highest BCUT2D eigenvalue weighted by Gasteiger charge is 2.17. The second-order valence-corrected chi connectivity index (χ2v) is 2.07. The van der Waals surface area contributed by atoms with Crippen LogP contribution < -0.4 is 5.73 Å². The predicted molar refractivity (Wildman–Crippen MR) is 28.1 cm³/mol. The lowest BCUT2D eigenvalue weighted by atomic mass is 10.1. The van der Waals surface area contributed by atoms with Crippen molar-refractivity contribution in [2.24, 2.45) is 5.73 Å². The summed E-state index contributed by atoms with van der Waals surface area (Å²) in [7, 11) is 0. The van der Waals surface area contributed by atoms with E-state index in [1.54, 1.807) is 0 Å². The molecular formula is C5H10FNO. The van der Waals surface area contributed by atoms with Gasteiger partial charge in [0, 0.05) is 12.5 Å². The van der Waals surface area contributed by atoms with E-state index < -0.39 is 6.36 Å². The molecular weight excluding hydrogens is 109 g/mol. The molecule has 0 aromatic heterocycles. The molecule has 0 radical (unpaired) electrons. The predicted octanol–water partition coefficient (Wildman–Crippen LogP) is 0.420. The molecule has 1 fully saturated rings.